The van der Waals surface area contributed by atoms with Crippen LogP contribution < -0.4 is 0 Å². The summed E-state index contributed by atoms with van der Waals surface area (Å²) < 4.78 is 25.8. The Bertz CT molecular complexity index is 807. The molecule has 0 spiro atoms. The molecule has 0 aliphatic heterocycles. The van der Waals surface area contributed by atoms with Crippen LogP contribution in [0.15, 0.2) is 51.6 Å². The Morgan fingerprint density at radius 3 is 2.07 bits per heavy atom. The van der Waals surface area contributed by atoms with Gasteiger partial charge in [0.25, 0.3) is 0 Å². The second-order valence-electron chi connectivity index (χ2n) is 7.65. The Kier molecular flexibility index (Phi) is 14.4. The molecule has 2 nitrogen and oxygen atoms in total. The maximum absolute atomic E-state index is 12.9. The van der Waals surface area contributed by atoms with Crippen LogP contribution in [0, 0.1) is 18.8 Å². The normalized spacial score (nSPS) is 12.2. The van der Waals surface area contributed by atoms with Crippen LogP contribution in [0.5, 0.6) is 0 Å². The number of benzene rings is 1. The molecule has 30 heavy (non-hydrogen) atoms. The van der Waals surface area contributed by atoms with E-state index in [-0.39, 0.29) is 4.91 Å². The number of hydrogen-bond acceptors (Lipinski definition) is 3. The van der Waals surface area contributed by atoms with Crippen LogP contribution in [0.25, 0.3) is 0 Å². The molecule has 0 radical (unpaired) electrons. The highest BCUT2D eigenvalue weighted by Crippen LogP contribution is 2.21. The number of sulfone groups is 1. The first kappa shape index (κ1) is 26.6. The fourth-order valence-electron chi connectivity index (χ4n) is 3.10. The number of thioether (sulfide) groups is 1. The molecule has 0 fully saturated rings. The summed E-state index contributed by atoms with van der Waals surface area (Å²) in [5.41, 5.74) is 1.04. The summed E-state index contributed by atoms with van der Waals surface area (Å²) in [6, 6.07) is 6.95. The summed E-state index contributed by atoms with van der Waals surface area (Å²) in [5.74, 6) is 6.08. The Morgan fingerprint density at radius 2 is 1.50 bits per heavy atom. The zero-order valence-electron chi connectivity index (χ0n) is 19.0. The first-order valence-corrected chi connectivity index (χ1v) is 14.0. The Balaban J connectivity index is 2.48. The monoisotopic (exact) mass is 446 g/mol. The van der Waals surface area contributed by atoms with Crippen LogP contribution in [0.4, 0.5) is 0 Å². The molecule has 0 aliphatic carbocycles. The molecule has 1 aromatic rings. The Hall–Kier alpha value is -1.44. The molecule has 0 heterocycles. The number of allylic oxidation sites excluding steroid dienone is 2. The lowest BCUT2D eigenvalue weighted by Crippen LogP contribution is -2.03. The standard InChI is InChI=1S/C26H38O2S2/c1-4-5-6-7-8-9-10-11-12-13-14-15-16-17-25(22-23-29-3)30(27,28)26-20-18-24(2)19-21-26/h17-23H,4-14H2,1-3H3/b23-22-,25-17+. The molecule has 0 saturated carbocycles. The number of hydrogen-bond donors (Lipinski definition) is 0. The molecule has 0 aromatic heterocycles. The first-order chi connectivity index (χ1) is 14.5. The molecule has 166 valence electrons. The van der Waals surface area contributed by atoms with Gasteiger partial charge >= 0.3 is 0 Å². The Morgan fingerprint density at radius 1 is 0.933 bits per heavy atom. The van der Waals surface area contributed by atoms with Gasteiger partial charge in [0.1, 0.15) is 0 Å². The van der Waals surface area contributed by atoms with E-state index in [0.29, 0.717) is 4.90 Å². The van der Waals surface area contributed by atoms with Gasteiger partial charge in [0, 0.05) is 12.5 Å². The molecular formula is C26H38O2S2. The van der Waals surface area contributed by atoms with Crippen molar-refractivity contribution >= 4 is 21.6 Å². The van der Waals surface area contributed by atoms with Gasteiger partial charge in [-0.05, 0) is 43.2 Å². The SMILES string of the molecule is CCCCCCCCCCCCC#C/C=C(\C=C/SC)S(=O)(=O)c1ccc(C)cc1. The van der Waals surface area contributed by atoms with Crippen LogP contribution >= 0.6 is 11.8 Å². The van der Waals surface area contributed by atoms with E-state index >= 15 is 0 Å². The third-order valence-electron chi connectivity index (χ3n) is 4.98. The maximum Gasteiger partial charge on any atom is 0.207 e. The quantitative estimate of drug-likeness (QED) is 0.166. The van der Waals surface area contributed by atoms with E-state index in [2.05, 4.69) is 18.8 Å². The molecule has 0 unspecified atom stereocenters. The van der Waals surface area contributed by atoms with Gasteiger partial charge in [-0.15, -0.1) is 11.8 Å². The van der Waals surface area contributed by atoms with Gasteiger partial charge in [-0.1, -0.05) is 94.2 Å². The van der Waals surface area contributed by atoms with Crippen molar-refractivity contribution in [2.24, 2.45) is 0 Å². The second kappa shape index (κ2) is 16.3. The van der Waals surface area contributed by atoms with E-state index in [4.69, 9.17) is 0 Å². The minimum absolute atomic E-state index is 0.247. The lowest BCUT2D eigenvalue weighted by atomic mass is 10.1. The predicted octanol–water partition coefficient (Wildman–Crippen LogP) is 7.84. The highest BCUT2D eigenvalue weighted by molar-refractivity contribution is 8.01. The van der Waals surface area contributed by atoms with Crippen LogP contribution in [-0.2, 0) is 9.84 Å². The smallest absolute Gasteiger partial charge is 0.207 e. The van der Waals surface area contributed by atoms with E-state index in [1.807, 2.05) is 25.3 Å². The summed E-state index contributed by atoms with van der Waals surface area (Å²) in [6.07, 6.45) is 18.9. The summed E-state index contributed by atoms with van der Waals surface area (Å²) in [7, 11) is -3.55. The fourth-order valence-corrected chi connectivity index (χ4v) is 4.70. The highest BCUT2D eigenvalue weighted by Gasteiger charge is 2.18. The molecule has 0 bridgehead atoms. The molecule has 0 N–H and O–H groups in total. The Labute approximate surface area is 189 Å². The maximum atomic E-state index is 12.9. The van der Waals surface area contributed by atoms with Crippen molar-refractivity contribution in [3.8, 4) is 11.8 Å². The minimum Gasteiger partial charge on any atom is -0.218 e. The van der Waals surface area contributed by atoms with Crippen molar-refractivity contribution in [2.45, 2.75) is 89.4 Å². The van der Waals surface area contributed by atoms with Gasteiger partial charge in [0.05, 0.1) is 9.80 Å². The summed E-state index contributed by atoms with van der Waals surface area (Å²) in [4.78, 5) is 0.554. The van der Waals surface area contributed by atoms with Crippen molar-refractivity contribution in [1.29, 1.82) is 0 Å². The van der Waals surface area contributed by atoms with Crippen LogP contribution in [-0.4, -0.2) is 14.7 Å². The average Bonchev–Trinajstić information content (AvgIpc) is 2.73. The van der Waals surface area contributed by atoms with E-state index < -0.39 is 9.84 Å². The van der Waals surface area contributed by atoms with Crippen molar-refractivity contribution in [3.05, 3.63) is 52.3 Å². The lowest BCUT2D eigenvalue weighted by Gasteiger charge is -2.05. The largest absolute Gasteiger partial charge is 0.218 e. The highest BCUT2D eigenvalue weighted by atomic mass is 32.2. The topological polar surface area (TPSA) is 34.1 Å². The van der Waals surface area contributed by atoms with Gasteiger partial charge in [0.15, 0.2) is 0 Å². The molecular weight excluding hydrogens is 408 g/mol. The van der Waals surface area contributed by atoms with Gasteiger partial charge in [-0.2, -0.15) is 0 Å². The number of rotatable bonds is 14. The van der Waals surface area contributed by atoms with Gasteiger partial charge in [-0.25, -0.2) is 8.42 Å². The number of unbranched alkanes of at least 4 members (excludes halogenated alkanes) is 10. The molecule has 0 amide bonds. The van der Waals surface area contributed by atoms with Crippen molar-refractivity contribution < 1.29 is 8.42 Å². The predicted molar refractivity (Wildman–Crippen MR) is 133 cm³/mol. The molecule has 0 saturated heterocycles. The molecule has 0 atom stereocenters. The minimum atomic E-state index is -3.55. The third-order valence-corrected chi connectivity index (χ3v) is 7.16. The zero-order chi connectivity index (χ0) is 22.1. The van der Waals surface area contributed by atoms with E-state index in [0.717, 1.165) is 18.4 Å². The first-order valence-electron chi connectivity index (χ1n) is 11.2. The van der Waals surface area contributed by atoms with E-state index in [1.165, 1.54) is 75.6 Å². The van der Waals surface area contributed by atoms with Crippen molar-refractivity contribution in [3.63, 3.8) is 0 Å². The third kappa shape index (κ3) is 11.1. The number of aryl methyl sites for hydroxylation is 1. The zero-order valence-corrected chi connectivity index (χ0v) is 20.6. The fraction of sp³-hybridized carbons (Fsp3) is 0.538. The van der Waals surface area contributed by atoms with Crippen LogP contribution in [0.2, 0.25) is 0 Å². The van der Waals surface area contributed by atoms with Gasteiger partial charge < -0.3 is 0 Å². The van der Waals surface area contributed by atoms with Crippen molar-refractivity contribution in [1.82, 2.24) is 0 Å². The van der Waals surface area contributed by atoms with E-state index in [1.54, 1.807) is 23.6 Å². The molecule has 4 heteroatoms. The van der Waals surface area contributed by atoms with Crippen molar-refractivity contribution in [2.75, 3.05) is 6.26 Å². The van der Waals surface area contributed by atoms with Gasteiger partial charge in [-0.3, -0.25) is 0 Å². The summed E-state index contributed by atoms with van der Waals surface area (Å²) >= 11 is 1.47. The summed E-state index contributed by atoms with van der Waals surface area (Å²) in [6.45, 7) is 4.20. The van der Waals surface area contributed by atoms with E-state index in [9.17, 15) is 8.42 Å². The average molecular weight is 447 g/mol. The molecule has 1 rings (SSSR count). The molecule has 1 aromatic carbocycles. The lowest BCUT2D eigenvalue weighted by molar-refractivity contribution is 0.558. The summed E-state index contributed by atoms with van der Waals surface area (Å²) in [5, 5.41) is 1.78. The second-order valence-corrected chi connectivity index (χ2v) is 10.3. The van der Waals surface area contributed by atoms with Crippen LogP contribution in [0.1, 0.15) is 83.1 Å². The molecule has 0 aliphatic rings. The van der Waals surface area contributed by atoms with Gasteiger partial charge in [0.2, 0.25) is 9.84 Å². The van der Waals surface area contributed by atoms with Crippen LogP contribution in [0.3, 0.4) is 0 Å².